The molecule has 0 atom stereocenters. The van der Waals surface area contributed by atoms with Crippen molar-refractivity contribution < 1.29 is 9.53 Å². The highest BCUT2D eigenvalue weighted by atomic mass is 32.2. The van der Waals surface area contributed by atoms with Crippen molar-refractivity contribution in [3.8, 4) is 5.75 Å². The van der Waals surface area contributed by atoms with Gasteiger partial charge in [0.1, 0.15) is 5.75 Å². The molecule has 1 aromatic rings. The molecule has 0 unspecified atom stereocenters. The van der Waals surface area contributed by atoms with E-state index in [1.165, 1.54) is 25.7 Å². The smallest absolute Gasteiger partial charge is 0.251 e. The Morgan fingerprint density at radius 3 is 2.81 bits per heavy atom. The number of hydrogen-bond acceptors (Lipinski definition) is 3. The Morgan fingerprint density at radius 2 is 2.14 bits per heavy atom. The maximum Gasteiger partial charge on any atom is 0.251 e. The number of nitrogens with one attached hydrogen (secondary N) is 1. The fourth-order valence-electron chi connectivity index (χ4n) is 2.66. The number of ether oxygens (including phenoxy) is 1. The van der Waals surface area contributed by atoms with Gasteiger partial charge in [-0.15, -0.1) is 0 Å². The number of benzene rings is 1. The highest BCUT2D eigenvalue weighted by Gasteiger charge is 2.15. The topological polar surface area (TPSA) is 38.3 Å². The minimum atomic E-state index is 0.00757. The summed E-state index contributed by atoms with van der Waals surface area (Å²) < 4.78 is 5.49. The van der Waals surface area contributed by atoms with Gasteiger partial charge < -0.3 is 10.1 Å². The molecule has 1 aliphatic rings. The number of thioether (sulfide) groups is 1. The second-order valence-corrected chi connectivity index (χ2v) is 6.85. The Kier molecular flexibility index (Phi) is 6.43. The molecule has 116 valence electrons. The van der Waals surface area contributed by atoms with Crippen LogP contribution in [-0.4, -0.2) is 30.1 Å². The number of aryl methyl sites for hydroxylation is 1. The summed E-state index contributed by atoms with van der Waals surface area (Å²) in [6.07, 6.45) is 5.43. The maximum atomic E-state index is 12.1. The monoisotopic (exact) mass is 307 g/mol. The molecule has 0 aliphatic heterocycles. The fraction of sp³-hybridized carbons (Fsp3) is 0.588. The van der Waals surface area contributed by atoms with Gasteiger partial charge in [-0.1, -0.05) is 12.8 Å². The van der Waals surface area contributed by atoms with E-state index in [1.54, 1.807) is 0 Å². The Bertz CT molecular complexity index is 470. The van der Waals surface area contributed by atoms with Crippen molar-refractivity contribution in [2.75, 3.05) is 18.9 Å². The quantitative estimate of drug-likeness (QED) is 0.779. The van der Waals surface area contributed by atoms with Crippen LogP contribution >= 0.6 is 11.8 Å². The van der Waals surface area contributed by atoms with Gasteiger partial charge >= 0.3 is 0 Å². The van der Waals surface area contributed by atoms with Crippen molar-refractivity contribution >= 4 is 17.7 Å². The largest absolute Gasteiger partial charge is 0.494 e. The molecular formula is C17H25NO2S. The molecular weight excluding hydrogens is 282 g/mol. The molecule has 0 saturated heterocycles. The summed E-state index contributed by atoms with van der Waals surface area (Å²) in [5.41, 5.74) is 1.71. The number of rotatable bonds is 7. The number of hydrogen-bond donors (Lipinski definition) is 1. The lowest BCUT2D eigenvalue weighted by Gasteiger charge is -2.11. The zero-order valence-electron chi connectivity index (χ0n) is 13.0. The third-order valence-electron chi connectivity index (χ3n) is 3.78. The van der Waals surface area contributed by atoms with Crippen LogP contribution in [-0.2, 0) is 0 Å². The molecule has 0 bridgehead atoms. The first-order valence-corrected chi connectivity index (χ1v) is 8.89. The molecule has 1 fully saturated rings. The normalized spacial score (nSPS) is 15.1. The average Bonchev–Trinajstić information content (AvgIpc) is 2.99. The summed E-state index contributed by atoms with van der Waals surface area (Å²) in [6.45, 7) is 5.32. The van der Waals surface area contributed by atoms with Crippen LogP contribution < -0.4 is 10.1 Å². The molecule has 0 heterocycles. The van der Waals surface area contributed by atoms with Crippen LogP contribution in [0.1, 0.15) is 48.5 Å². The second kappa shape index (κ2) is 8.32. The number of carbonyl (C=O) groups is 1. The summed E-state index contributed by atoms with van der Waals surface area (Å²) in [7, 11) is 0. The van der Waals surface area contributed by atoms with E-state index in [0.717, 1.165) is 28.9 Å². The molecule has 1 amide bonds. The molecule has 1 aromatic carbocycles. The zero-order valence-corrected chi connectivity index (χ0v) is 13.8. The van der Waals surface area contributed by atoms with Crippen molar-refractivity contribution in [1.82, 2.24) is 5.32 Å². The van der Waals surface area contributed by atoms with E-state index in [-0.39, 0.29) is 5.91 Å². The van der Waals surface area contributed by atoms with Crippen molar-refractivity contribution in [1.29, 1.82) is 0 Å². The molecule has 21 heavy (non-hydrogen) atoms. The molecule has 0 spiro atoms. The first-order chi connectivity index (χ1) is 10.2. The van der Waals surface area contributed by atoms with E-state index in [1.807, 2.05) is 43.8 Å². The van der Waals surface area contributed by atoms with Gasteiger partial charge in [0.05, 0.1) is 6.61 Å². The average molecular weight is 307 g/mol. The molecule has 0 aromatic heterocycles. The summed E-state index contributed by atoms with van der Waals surface area (Å²) in [4.78, 5) is 12.1. The van der Waals surface area contributed by atoms with E-state index in [2.05, 4.69) is 5.32 Å². The Balaban J connectivity index is 1.75. The van der Waals surface area contributed by atoms with Crippen LogP contribution in [0.15, 0.2) is 18.2 Å². The van der Waals surface area contributed by atoms with Gasteiger partial charge in [0.25, 0.3) is 5.91 Å². The Labute approximate surface area is 131 Å². The summed E-state index contributed by atoms with van der Waals surface area (Å²) in [6, 6.07) is 5.60. The van der Waals surface area contributed by atoms with Gasteiger partial charge in [-0.05, 0) is 50.5 Å². The zero-order chi connectivity index (χ0) is 15.1. The standard InChI is InChI=1S/C17H25NO2S/c1-3-20-16-9-8-14(12-13(16)2)17(19)18-10-11-21-15-6-4-5-7-15/h8-9,12,15H,3-7,10-11H2,1-2H3,(H,18,19). The number of amides is 1. The van der Waals surface area contributed by atoms with E-state index in [4.69, 9.17) is 4.74 Å². The summed E-state index contributed by atoms with van der Waals surface area (Å²) in [5.74, 6) is 1.87. The van der Waals surface area contributed by atoms with Crippen LogP contribution in [0, 0.1) is 6.92 Å². The van der Waals surface area contributed by atoms with Crippen molar-refractivity contribution in [2.45, 2.75) is 44.8 Å². The molecule has 1 N–H and O–H groups in total. The third kappa shape index (κ3) is 4.95. The molecule has 1 aliphatic carbocycles. The van der Waals surface area contributed by atoms with Crippen LogP contribution in [0.4, 0.5) is 0 Å². The predicted molar refractivity (Wildman–Crippen MR) is 89.4 cm³/mol. The first kappa shape index (κ1) is 16.2. The van der Waals surface area contributed by atoms with Gasteiger partial charge in [-0.2, -0.15) is 11.8 Å². The van der Waals surface area contributed by atoms with Gasteiger partial charge in [0.15, 0.2) is 0 Å². The van der Waals surface area contributed by atoms with E-state index < -0.39 is 0 Å². The molecule has 4 heteroatoms. The molecule has 2 rings (SSSR count). The Hall–Kier alpha value is -1.16. The lowest BCUT2D eigenvalue weighted by atomic mass is 10.1. The minimum absolute atomic E-state index is 0.00757. The predicted octanol–water partition coefficient (Wildman–Crippen LogP) is 3.80. The SMILES string of the molecule is CCOc1ccc(C(=O)NCCSC2CCCC2)cc1C. The van der Waals surface area contributed by atoms with Crippen LogP contribution in [0.5, 0.6) is 5.75 Å². The first-order valence-electron chi connectivity index (χ1n) is 7.84. The van der Waals surface area contributed by atoms with Gasteiger partial charge in [0.2, 0.25) is 0 Å². The maximum absolute atomic E-state index is 12.1. The van der Waals surface area contributed by atoms with Crippen LogP contribution in [0.25, 0.3) is 0 Å². The fourth-order valence-corrected chi connectivity index (χ4v) is 3.88. The lowest BCUT2D eigenvalue weighted by molar-refractivity contribution is 0.0956. The van der Waals surface area contributed by atoms with Crippen molar-refractivity contribution in [2.24, 2.45) is 0 Å². The highest BCUT2D eigenvalue weighted by Crippen LogP contribution is 2.28. The van der Waals surface area contributed by atoms with Crippen LogP contribution in [0.3, 0.4) is 0 Å². The van der Waals surface area contributed by atoms with E-state index in [0.29, 0.717) is 12.2 Å². The van der Waals surface area contributed by atoms with Gasteiger partial charge in [-0.3, -0.25) is 4.79 Å². The Morgan fingerprint density at radius 1 is 1.38 bits per heavy atom. The second-order valence-electron chi connectivity index (χ2n) is 5.45. The van der Waals surface area contributed by atoms with Gasteiger partial charge in [0, 0.05) is 23.1 Å². The summed E-state index contributed by atoms with van der Waals surface area (Å²) >= 11 is 2.00. The van der Waals surface area contributed by atoms with E-state index in [9.17, 15) is 4.79 Å². The third-order valence-corrected chi connectivity index (χ3v) is 5.16. The molecule has 1 saturated carbocycles. The lowest BCUT2D eigenvalue weighted by Crippen LogP contribution is -2.26. The molecule has 3 nitrogen and oxygen atoms in total. The summed E-state index contributed by atoms with van der Waals surface area (Å²) in [5, 5.41) is 3.82. The van der Waals surface area contributed by atoms with Gasteiger partial charge in [-0.25, -0.2) is 0 Å². The van der Waals surface area contributed by atoms with Crippen molar-refractivity contribution in [3.63, 3.8) is 0 Å². The molecule has 0 radical (unpaired) electrons. The highest BCUT2D eigenvalue weighted by molar-refractivity contribution is 7.99. The van der Waals surface area contributed by atoms with E-state index >= 15 is 0 Å². The van der Waals surface area contributed by atoms with Crippen molar-refractivity contribution in [3.05, 3.63) is 29.3 Å². The van der Waals surface area contributed by atoms with Crippen LogP contribution in [0.2, 0.25) is 0 Å². The number of carbonyl (C=O) groups excluding carboxylic acids is 1. The minimum Gasteiger partial charge on any atom is -0.494 e.